The van der Waals surface area contributed by atoms with E-state index in [1.807, 2.05) is 18.2 Å². The number of rotatable bonds is 3. The molecule has 1 heterocycles. The van der Waals surface area contributed by atoms with Gasteiger partial charge in [-0.05, 0) is 47.9 Å². The molecule has 20 heavy (non-hydrogen) atoms. The van der Waals surface area contributed by atoms with Gasteiger partial charge in [-0.25, -0.2) is 12.8 Å². The number of hydrogen-bond donors (Lipinski definition) is 1. The molecule has 3 aromatic rings. The van der Waals surface area contributed by atoms with E-state index >= 15 is 0 Å². The van der Waals surface area contributed by atoms with Gasteiger partial charge >= 0.3 is 0 Å². The van der Waals surface area contributed by atoms with Crippen molar-refractivity contribution < 1.29 is 12.8 Å². The van der Waals surface area contributed by atoms with E-state index in [1.165, 1.54) is 12.1 Å². The maximum Gasteiger partial charge on any atom is 0.262 e. The fourth-order valence-corrected chi connectivity index (χ4v) is 3.82. The Labute approximate surface area is 119 Å². The van der Waals surface area contributed by atoms with Crippen LogP contribution >= 0.6 is 11.5 Å². The molecule has 0 saturated carbocycles. The maximum atomic E-state index is 12.8. The van der Waals surface area contributed by atoms with Crippen LogP contribution in [0.1, 0.15) is 0 Å². The predicted molar refractivity (Wildman–Crippen MR) is 76.8 cm³/mol. The van der Waals surface area contributed by atoms with Crippen LogP contribution in [-0.4, -0.2) is 12.8 Å². The first-order chi connectivity index (χ1) is 9.56. The summed E-state index contributed by atoms with van der Waals surface area (Å²) in [6, 6.07) is 11.9. The van der Waals surface area contributed by atoms with Crippen LogP contribution in [0.25, 0.3) is 10.9 Å². The number of hydrogen-bond acceptors (Lipinski definition) is 4. The Morgan fingerprint density at radius 1 is 1.05 bits per heavy atom. The fourth-order valence-electron chi connectivity index (χ4n) is 1.76. The molecule has 0 fully saturated rings. The summed E-state index contributed by atoms with van der Waals surface area (Å²) in [6.45, 7) is 0. The van der Waals surface area contributed by atoms with Crippen molar-refractivity contribution in [3.8, 4) is 0 Å². The zero-order valence-electron chi connectivity index (χ0n) is 10.1. The largest absolute Gasteiger partial charge is 0.269 e. The highest BCUT2D eigenvalue weighted by atomic mass is 32.2. The van der Waals surface area contributed by atoms with Crippen LogP contribution in [0.3, 0.4) is 0 Å². The van der Waals surface area contributed by atoms with E-state index in [0.717, 1.165) is 34.6 Å². The molecule has 0 aliphatic heterocycles. The Balaban J connectivity index is 1.99. The van der Waals surface area contributed by atoms with Crippen molar-refractivity contribution in [1.29, 1.82) is 0 Å². The lowest BCUT2D eigenvalue weighted by Crippen LogP contribution is -2.12. The van der Waals surface area contributed by atoms with Gasteiger partial charge in [-0.15, -0.1) is 0 Å². The van der Waals surface area contributed by atoms with Gasteiger partial charge in [0.05, 0.1) is 10.4 Å². The standard InChI is InChI=1S/C13H9FN2O2S2/c14-9-5-7-10(8-6-9)20(17,18)16-13-11-3-1-2-4-12(11)15-19-13/h1-8,16H. The van der Waals surface area contributed by atoms with Crippen molar-refractivity contribution in [2.75, 3.05) is 4.72 Å². The van der Waals surface area contributed by atoms with Crippen molar-refractivity contribution >= 4 is 37.5 Å². The quantitative estimate of drug-likeness (QED) is 0.808. The lowest BCUT2D eigenvalue weighted by atomic mass is 10.2. The average molecular weight is 308 g/mol. The molecular weight excluding hydrogens is 299 g/mol. The number of fused-ring (bicyclic) bond motifs is 1. The Bertz CT molecular complexity index is 857. The normalized spacial score (nSPS) is 11.7. The molecule has 3 rings (SSSR count). The van der Waals surface area contributed by atoms with E-state index in [4.69, 9.17) is 0 Å². The summed E-state index contributed by atoms with van der Waals surface area (Å²) in [7, 11) is -3.74. The van der Waals surface area contributed by atoms with E-state index in [-0.39, 0.29) is 4.90 Å². The third kappa shape index (κ3) is 2.37. The van der Waals surface area contributed by atoms with Crippen LogP contribution in [0.15, 0.2) is 53.4 Å². The minimum atomic E-state index is -3.74. The minimum absolute atomic E-state index is 0.0105. The molecule has 102 valence electrons. The number of nitrogens with zero attached hydrogens (tertiary/aromatic N) is 1. The van der Waals surface area contributed by atoms with Crippen molar-refractivity contribution in [1.82, 2.24) is 4.37 Å². The van der Waals surface area contributed by atoms with Gasteiger partial charge in [0.1, 0.15) is 10.8 Å². The Hall–Kier alpha value is -1.99. The van der Waals surface area contributed by atoms with Crippen molar-refractivity contribution in [3.05, 3.63) is 54.3 Å². The second-order valence-corrected chi connectivity index (χ2v) is 6.54. The van der Waals surface area contributed by atoms with E-state index in [0.29, 0.717) is 5.00 Å². The lowest BCUT2D eigenvalue weighted by molar-refractivity contribution is 0.600. The predicted octanol–water partition coefficient (Wildman–Crippen LogP) is 3.24. The maximum absolute atomic E-state index is 12.8. The van der Waals surface area contributed by atoms with Crippen LogP contribution in [-0.2, 0) is 10.0 Å². The topological polar surface area (TPSA) is 59.1 Å². The minimum Gasteiger partial charge on any atom is -0.269 e. The van der Waals surface area contributed by atoms with Gasteiger partial charge < -0.3 is 0 Å². The number of nitrogens with one attached hydrogen (secondary N) is 1. The monoisotopic (exact) mass is 308 g/mol. The summed E-state index contributed by atoms with van der Waals surface area (Å²) in [5.74, 6) is -0.479. The molecular formula is C13H9FN2O2S2. The number of benzene rings is 2. The molecule has 2 aromatic carbocycles. The van der Waals surface area contributed by atoms with Gasteiger partial charge in [0.2, 0.25) is 0 Å². The first kappa shape index (κ1) is 13.0. The molecule has 0 radical (unpaired) electrons. The van der Waals surface area contributed by atoms with Gasteiger partial charge in [-0.2, -0.15) is 4.37 Å². The van der Waals surface area contributed by atoms with E-state index in [9.17, 15) is 12.8 Å². The molecule has 0 saturated heterocycles. The van der Waals surface area contributed by atoms with Crippen molar-refractivity contribution in [3.63, 3.8) is 0 Å². The van der Waals surface area contributed by atoms with Crippen LogP contribution in [0.5, 0.6) is 0 Å². The number of anilines is 1. The second-order valence-electron chi connectivity index (χ2n) is 4.09. The summed E-state index contributed by atoms with van der Waals surface area (Å²) >= 11 is 1.07. The molecule has 4 nitrogen and oxygen atoms in total. The highest BCUT2D eigenvalue weighted by Crippen LogP contribution is 2.29. The smallest absolute Gasteiger partial charge is 0.262 e. The highest BCUT2D eigenvalue weighted by Gasteiger charge is 2.17. The third-order valence-corrected chi connectivity index (χ3v) is 5.02. The van der Waals surface area contributed by atoms with E-state index in [1.54, 1.807) is 6.07 Å². The van der Waals surface area contributed by atoms with Crippen LogP contribution in [0.4, 0.5) is 9.39 Å². The van der Waals surface area contributed by atoms with Gasteiger partial charge in [0, 0.05) is 5.39 Å². The number of aromatic nitrogens is 1. The zero-order valence-corrected chi connectivity index (χ0v) is 11.7. The molecule has 0 bridgehead atoms. The summed E-state index contributed by atoms with van der Waals surface area (Å²) in [5.41, 5.74) is 0.731. The third-order valence-electron chi connectivity index (χ3n) is 2.73. The number of sulfonamides is 1. The molecule has 1 N–H and O–H groups in total. The fraction of sp³-hybridized carbons (Fsp3) is 0. The molecule has 0 aliphatic rings. The van der Waals surface area contributed by atoms with Gasteiger partial charge in [-0.3, -0.25) is 4.72 Å². The van der Waals surface area contributed by atoms with Gasteiger partial charge in [0.25, 0.3) is 10.0 Å². The Kier molecular flexibility index (Phi) is 3.15. The zero-order chi connectivity index (χ0) is 14.2. The lowest BCUT2D eigenvalue weighted by Gasteiger charge is -2.05. The molecule has 1 aromatic heterocycles. The van der Waals surface area contributed by atoms with Crippen molar-refractivity contribution in [2.45, 2.75) is 4.90 Å². The average Bonchev–Trinajstić information content (AvgIpc) is 2.82. The first-order valence-electron chi connectivity index (χ1n) is 5.69. The highest BCUT2D eigenvalue weighted by molar-refractivity contribution is 7.93. The Morgan fingerprint density at radius 2 is 1.75 bits per heavy atom. The summed E-state index contributed by atoms with van der Waals surface area (Å²) in [6.07, 6.45) is 0. The van der Waals surface area contributed by atoms with E-state index < -0.39 is 15.8 Å². The van der Waals surface area contributed by atoms with Gasteiger partial charge in [0.15, 0.2) is 0 Å². The second kappa shape index (κ2) is 4.84. The summed E-state index contributed by atoms with van der Waals surface area (Å²) in [4.78, 5) is 0.0105. The van der Waals surface area contributed by atoms with Crippen LogP contribution in [0.2, 0.25) is 0 Å². The van der Waals surface area contributed by atoms with Crippen molar-refractivity contribution in [2.24, 2.45) is 0 Å². The van der Waals surface area contributed by atoms with Gasteiger partial charge in [-0.1, -0.05) is 12.1 Å². The first-order valence-corrected chi connectivity index (χ1v) is 7.95. The van der Waals surface area contributed by atoms with Crippen LogP contribution in [0, 0.1) is 5.82 Å². The molecule has 0 aliphatic carbocycles. The number of halogens is 1. The molecule has 0 atom stereocenters. The van der Waals surface area contributed by atoms with E-state index in [2.05, 4.69) is 9.10 Å². The Morgan fingerprint density at radius 3 is 2.50 bits per heavy atom. The molecule has 0 amide bonds. The molecule has 0 unspecified atom stereocenters. The molecule has 0 spiro atoms. The SMILES string of the molecule is O=S(=O)(Nc1snc2ccccc12)c1ccc(F)cc1. The van der Waals surface area contributed by atoms with Crippen LogP contribution < -0.4 is 4.72 Å². The molecule has 7 heteroatoms. The summed E-state index contributed by atoms with van der Waals surface area (Å²) in [5, 5.41) is 1.19. The summed E-state index contributed by atoms with van der Waals surface area (Å²) < 4.78 is 43.9.